The molecule has 0 aromatic heterocycles. The van der Waals surface area contributed by atoms with Crippen molar-refractivity contribution >= 4 is 15.9 Å². The summed E-state index contributed by atoms with van der Waals surface area (Å²) in [4.78, 5) is 13.2. The fourth-order valence-corrected chi connectivity index (χ4v) is 3.62. The Morgan fingerprint density at radius 1 is 1.24 bits per heavy atom. The van der Waals surface area contributed by atoms with Gasteiger partial charge in [-0.25, -0.2) is 8.42 Å². The van der Waals surface area contributed by atoms with Crippen LogP contribution in [0.3, 0.4) is 0 Å². The van der Waals surface area contributed by atoms with E-state index in [4.69, 9.17) is 0 Å². The summed E-state index contributed by atoms with van der Waals surface area (Å²) in [7, 11) is -1.22. The van der Waals surface area contributed by atoms with E-state index in [2.05, 4.69) is 12.4 Å². The van der Waals surface area contributed by atoms with E-state index >= 15 is 0 Å². The lowest BCUT2D eigenvalue weighted by Crippen LogP contribution is -3.12. The van der Waals surface area contributed by atoms with Crippen LogP contribution in [-0.4, -0.2) is 64.2 Å². The molecule has 0 aliphatic carbocycles. The fourth-order valence-electron chi connectivity index (χ4n) is 2.26. The minimum absolute atomic E-state index is 0.0510. The van der Waals surface area contributed by atoms with E-state index in [1.165, 1.54) is 9.21 Å². The Morgan fingerprint density at radius 3 is 2.48 bits per heavy atom. The molecule has 1 aliphatic heterocycles. The Balaban J connectivity index is 1.81. The fraction of sp³-hybridized carbons (Fsp3) is 0.500. The number of carbonyl (C=O) groups excluding carboxylic acids is 1. The zero-order chi connectivity index (χ0) is 15.3. The summed E-state index contributed by atoms with van der Waals surface area (Å²) in [6, 6.07) is 8.78. The van der Waals surface area contributed by atoms with Gasteiger partial charge < -0.3 is 10.2 Å². The maximum atomic E-state index is 12.2. The van der Waals surface area contributed by atoms with E-state index in [1.54, 1.807) is 24.3 Å². The van der Waals surface area contributed by atoms with Gasteiger partial charge in [0.1, 0.15) is 0 Å². The third kappa shape index (κ3) is 4.52. The van der Waals surface area contributed by atoms with Crippen molar-refractivity contribution in [3.63, 3.8) is 0 Å². The van der Waals surface area contributed by atoms with Crippen LogP contribution in [0.15, 0.2) is 30.3 Å². The van der Waals surface area contributed by atoms with Crippen molar-refractivity contribution in [3.8, 4) is 0 Å². The molecule has 1 aromatic carbocycles. The van der Waals surface area contributed by atoms with Crippen molar-refractivity contribution in [2.45, 2.75) is 0 Å². The predicted octanol–water partition coefficient (Wildman–Crippen LogP) is -1.42. The van der Waals surface area contributed by atoms with Crippen LogP contribution in [-0.2, 0) is 10.0 Å². The second-order valence-electron chi connectivity index (χ2n) is 5.29. The molecule has 0 unspecified atom stereocenters. The predicted molar refractivity (Wildman–Crippen MR) is 80.8 cm³/mol. The van der Waals surface area contributed by atoms with Crippen molar-refractivity contribution in [1.29, 1.82) is 0 Å². The summed E-state index contributed by atoms with van der Waals surface area (Å²) in [6.45, 7) is 2.90. The van der Waals surface area contributed by atoms with Crippen LogP contribution >= 0.6 is 0 Å². The van der Waals surface area contributed by atoms with E-state index in [-0.39, 0.29) is 18.2 Å². The molecule has 1 saturated heterocycles. The van der Waals surface area contributed by atoms with Gasteiger partial charge in [-0.3, -0.25) is 4.79 Å². The molecule has 0 saturated carbocycles. The van der Waals surface area contributed by atoms with Gasteiger partial charge in [0, 0.05) is 12.1 Å². The van der Waals surface area contributed by atoms with Gasteiger partial charge in [-0.1, -0.05) is 18.2 Å². The molecule has 0 atom stereocenters. The first kappa shape index (κ1) is 15.9. The molecule has 1 amide bonds. The molecule has 1 aliphatic rings. The summed E-state index contributed by atoms with van der Waals surface area (Å²) < 4.78 is 25.9. The number of rotatable bonds is 5. The topological polar surface area (TPSA) is 70.9 Å². The molecule has 1 fully saturated rings. The van der Waals surface area contributed by atoms with Crippen molar-refractivity contribution in [2.24, 2.45) is 0 Å². The van der Waals surface area contributed by atoms with Gasteiger partial charge in [0.25, 0.3) is 5.91 Å². The van der Waals surface area contributed by atoms with E-state index < -0.39 is 10.0 Å². The molecule has 0 bridgehead atoms. The largest absolute Gasteiger partial charge is 0.351 e. The highest BCUT2D eigenvalue weighted by molar-refractivity contribution is 7.89. The number of nitrogens with one attached hydrogen (secondary N) is 2. The van der Waals surface area contributed by atoms with Crippen LogP contribution in [0, 0.1) is 0 Å². The maximum Gasteiger partial charge on any atom is 0.251 e. The number of carbonyl (C=O) groups is 1. The van der Waals surface area contributed by atoms with Crippen LogP contribution < -0.4 is 10.2 Å². The van der Waals surface area contributed by atoms with Gasteiger partial charge in [0.2, 0.25) is 10.0 Å². The van der Waals surface area contributed by atoms with Crippen molar-refractivity contribution in [2.75, 3.05) is 45.5 Å². The number of benzene rings is 1. The Hall–Kier alpha value is -1.44. The molecule has 1 heterocycles. The first-order valence-electron chi connectivity index (χ1n) is 7.11. The van der Waals surface area contributed by atoms with Crippen LogP contribution in [0.1, 0.15) is 10.4 Å². The van der Waals surface area contributed by atoms with Gasteiger partial charge >= 0.3 is 0 Å². The lowest BCUT2D eigenvalue weighted by atomic mass is 10.2. The minimum atomic E-state index is -3.28. The average Bonchev–Trinajstić information content (AvgIpc) is 2.48. The van der Waals surface area contributed by atoms with Gasteiger partial charge in [0.05, 0.1) is 39.0 Å². The number of hydrogen-bond acceptors (Lipinski definition) is 3. The smallest absolute Gasteiger partial charge is 0.251 e. The Morgan fingerprint density at radius 2 is 1.86 bits per heavy atom. The summed E-state index contributed by atoms with van der Waals surface area (Å²) >= 11 is 0. The number of hydrogen-bond donors (Lipinski definition) is 2. The molecule has 2 rings (SSSR count). The van der Waals surface area contributed by atoms with E-state index in [0.29, 0.717) is 18.7 Å². The average molecular weight is 312 g/mol. The minimum Gasteiger partial charge on any atom is -0.351 e. The highest BCUT2D eigenvalue weighted by Crippen LogP contribution is 2.02. The highest BCUT2D eigenvalue weighted by atomic mass is 32.2. The van der Waals surface area contributed by atoms with Crippen molar-refractivity contribution in [1.82, 2.24) is 9.62 Å². The molecule has 0 radical (unpaired) electrons. The monoisotopic (exact) mass is 312 g/mol. The number of amides is 1. The van der Waals surface area contributed by atoms with Crippen molar-refractivity contribution in [3.05, 3.63) is 35.9 Å². The first-order valence-corrected chi connectivity index (χ1v) is 8.72. The van der Waals surface area contributed by atoms with E-state index in [9.17, 15) is 13.2 Å². The number of piperazine rings is 1. The molecule has 116 valence electrons. The molecular weight excluding hydrogens is 290 g/mol. The molecule has 1 aromatic rings. The molecule has 21 heavy (non-hydrogen) atoms. The van der Waals surface area contributed by atoms with Crippen LogP contribution in [0.4, 0.5) is 0 Å². The standard InChI is InChI=1S/C14H21N3O3S/c1-16-8-10-17(11-9-16)21(19,20)12-7-15-14(18)13-5-3-2-4-6-13/h2-6H,7-12H2,1H3,(H,15,18)/p+1. The summed E-state index contributed by atoms with van der Waals surface area (Å²) in [5, 5.41) is 2.65. The van der Waals surface area contributed by atoms with E-state index in [0.717, 1.165) is 13.1 Å². The highest BCUT2D eigenvalue weighted by Gasteiger charge is 2.27. The van der Waals surface area contributed by atoms with Crippen LogP contribution in [0.25, 0.3) is 0 Å². The second-order valence-corrected chi connectivity index (χ2v) is 7.38. The Kier molecular flexibility index (Phi) is 5.33. The Bertz CT molecular complexity index is 566. The molecule has 0 spiro atoms. The number of nitrogens with zero attached hydrogens (tertiary/aromatic N) is 1. The lowest BCUT2D eigenvalue weighted by Gasteiger charge is -2.29. The zero-order valence-corrected chi connectivity index (χ0v) is 13.0. The van der Waals surface area contributed by atoms with Crippen LogP contribution in [0.5, 0.6) is 0 Å². The second kappa shape index (κ2) is 7.02. The third-order valence-corrected chi connectivity index (χ3v) is 5.52. The first-order chi connectivity index (χ1) is 9.99. The van der Waals surface area contributed by atoms with Gasteiger partial charge in [-0.2, -0.15) is 4.31 Å². The molecular formula is C14H22N3O3S+. The summed E-state index contributed by atoms with van der Waals surface area (Å²) in [5.74, 6) is -0.293. The van der Waals surface area contributed by atoms with Gasteiger partial charge in [0.15, 0.2) is 0 Å². The molecule has 2 N–H and O–H groups in total. The van der Waals surface area contributed by atoms with Gasteiger partial charge in [-0.15, -0.1) is 0 Å². The quantitative estimate of drug-likeness (QED) is 0.701. The normalized spacial score (nSPS) is 17.6. The lowest BCUT2D eigenvalue weighted by molar-refractivity contribution is -0.883. The summed E-state index contributed by atoms with van der Waals surface area (Å²) in [5.41, 5.74) is 0.540. The molecule has 6 nitrogen and oxygen atoms in total. The number of sulfonamides is 1. The molecule has 7 heteroatoms. The van der Waals surface area contributed by atoms with E-state index in [1.807, 2.05) is 6.07 Å². The number of quaternary nitrogens is 1. The number of likely N-dealkylation sites (N-methyl/N-ethyl adjacent to an activating group) is 1. The zero-order valence-electron chi connectivity index (χ0n) is 12.2. The SMILES string of the molecule is C[NH+]1CCN(S(=O)(=O)CCNC(=O)c2ccccc2)CC1. The Labute approximate surface area is 125 Å². The summed E-state index contributed by atoms with van der Waals surface area (Å²) in [6.07, 6.45) is 0. The van der Waals surface area contributed by atoms with Gasteiger partial charge in [-0.05, 0) is 12.1 Å². The maximum absolute atomic E-state index is 12.2. The van der Waals surface area contributed by atoms with Crippen LogP contribution in [0.2, 0.25) is 0 Å². The van der Waals surface area contributed by atoms with Crippen molar-refractivity contribution < 1.29 is 18.1 Å². The third-order valence-electron chi connectivity index (χ3n) is 3.65.